The number of nitrogens with two attached hydrogens (primary N) is 1. The molecule has 6 heterocycles. The van der Waals surface area contributed by atoms with Crippen LogP contribution in [0.15, 0.2) is 131 Å². The first-order valence-corrected chi connectivity index (χ1v) is 37.9. The van der Waals surface area contributed by atoms with E-state index in [1.54, 1.807) is 57.7 Å². The van der Waals surface area contributed by atoms with Gasteiger partial charge in [-0.05, 0) is 135 Å². The van der Waals surface area contributed by atoms with Crippen LogP contribution in [-0.2, 0) is 87.8 Å². The summed E-state index contributed by atoms with van der Waals surface area (Å²) in [6, 6.07) is 19.3. The van der Waals surface area contributed by atoms with Gasteiger partial charge in [0.1, 0.15) is 36.8 Å². The number of primary amides is 1. The molecule has 0 aliphatic carbocycles. The number of carbonyl (C=O) groups is 11. The van der Waals surface area contributed by atoms with E-state index in [1.807, 2.05) is 37.3 Å². The number of hydrogen-bond donors (Lipinski definition) is 14. The number of nitrogens with one attached hydrogen (secondary N) is 12. The number of aliphatic carboxylic acids is 1. The van der Waals surface area contributed by atoms with E-state index in [0.29, 0.717) is 60.6 Å². The van der Waals surface area contributed by atoms with Gasteiger partial charge in [0.15, 0.2) is 5.11 Å². The Morgan fingerprint density at radius 3 is 2.17 bits per heavy atom. The van der Waals surface area contributed by atoms with Gasteiger partial charge < -0.3 is 87.9 Å². The molecule has 36 heteroatoms. The highest BCUT2D eigenvalue weighted by Crippen LogP contribution is 2.42. The molecule has 3 aliphatic heterocycles. The van der Waals surface area contributed by atoms with Crippen LogP contribution >= 0.6 is 12.2 Å². The number of aromatic nitrogens is 4. The van der Waals surface area contributed by atoms with Crippen LogP contribution in [0, 0.1) is 11.8 Å². The number of hydrogen-bond acceptors (Lipinski definition) is 19. The van der Waals surface area contributed by atoms with E-state index >= 15 is 0 Å². The third-order valence-electron chi connectivity index (χ3n) is 18.7. The molecule has 34 nitrogen and oxygen atoms in total. The van der Waals surface area contributed by atoms with Gasteiger partial charge in [-0.25, -0.2) is 37.6 Å². The molecule has 0 spiro atoms. The van der Waals surface area contributed by atoms with Crippen molar-refractivity contribution in [1.29, 1.82) is 0 Å². The van der Waals surface area contributed by atoms with Crippen molar-refractivity contribution in [3.05, 3.63) is 160 Å². The Morgan fingerprint density at radius 2 is 1.48 bits per heavy atom. The van der Waals surface area contributed by atoms with Gasteiger partial charge in [0.25, 0.3) is 15.6 Å². The van der Waals surface area contributed by atoms with Gasteiger partial charge in [-0.15, -0.1) is 0 Å². The van der Waals surface area contributed by atoms with Crippen LogP contribution in [0.5, 0.6) is 0 Å². The molecule has 10 amide bonds. The van der Waals surface area contributed by atoms with Crippen molar-refractivity contribution in [2.75, 3.05) is 40.3 Å². The van der Waals surface area contributed by atoms with Gasteiger partial charge in [-0.2, -0.15) is 0 Å². The van der Waals surface area contributed by atoms with Crippen molar-refractivity contribution in [2.24, 2.45) is 17.6 Å². The number of carboxylic acid groups (broad SMARTS) is 1. The summed E-state index contributed by atoms with van der Waals surface area (Å²) in [6.07, 6.45) is 2.70. The topological polar surface area (TPSA) is 486 Å². The van der Waals surface area contributed by atoms with E-state index in [1.165, 1.54) is 77.8 Å². The van der Waals surface area contributed by atoms with E-state index in [0.717, 1.165) is 10.9 Å². The first-order chi connectivity index (χ1) is 52.9. The van der Waals surface area contributed by atoms with Gasteiger partial charge in [0.2, 0.25) is 41.0 Å². The van der Waals surface area contributed by atoms with Crippen LogP contribution in [0.1, 0.15) is 120 Å². The maximum absolute atomic E-state index is 14.5. The van der Waals surface area contributed by atoms with Gasteiger partial charge in [-0.3, -0.25) is 43.1 Å². The Bertz CT molecular complexity index is 4920. The normalized spacial score (nSPS) is 16.2. The summed E-state index contributed by atoms with van der Waals surface area (Å²) in [5, 5.41) is 37.4. The number of nitrogens with zero attached hydrogens (tertiary/aromatic N) is 4. The number of H-pyrrole nitrogens is 1. The Morgan fingerprint density at radius 1 is 0.766 bits per heavy atom. The van der Waals surface area contributed by atoms with Crippen molar-refractivity contribution in [3.8, 4) is 11.4 Å². The number of cyclic esters (lactones) is 1. The summed E-state index contributed by atoms with van der Waals surface area (Å²) in [6.45, 7) is 9.90. The highest BCUT2D eigenvalue weighted by atomic mass is 32.2. The number of amides is 10. The number of sulfonamides is 1. The third kappa shape index (κ3) is 20.1. The van der Waals surface area contributed by atoms with Gasteiger partial charge in [0, 0.05) is 65.0 Å². The zero-order valence-corrected chi connectivity index (χ0v) is 63.2. The number of para-hydroxylation sites is 1. The number of thiocarbonyl (C=S) groups is 1. The fourth-order valence-corrected chi connectivity index (χ4v) is 14.6. The summed E-state index contributed by atoms with van der Waals surface area (Å²) in [5.74, 6) is -9.68. The van der Waals surface area contributed by atoms with Crippen molar-refractivity contribution >= 4 is 126 Å². The van der Waals surface area contributed by atoms with Crippen molar-refractivity contribution in [2.45, 2.75) is 153 Å². The number of urea groups is 2. The van der Waals surface area contributed by atoms with Crippen LogP contribution in [0.4, 0.5) is 32.3 Å². The molecule has 7 atom stereocenters. The fraction of sp³-hybridized carbons (Fsp3) is 0.373. The average Bonchev–Trinajstić information content (AvgIpc) is 1.69. The van der Waals surface area contributed by atoms with E-state index in [2.05, 4.69) is 67.9 Å². The van der Waals surface area contributed by atoms with Crippen molar-refractivity contribution in [3.63, 3.8) is 0 Å². The standard InChI is InChI=1S/C75H87N17O17S2/c1-7-25-78-72(104)82-47-16-12-18-50(30-47)111(106,107)90-48-17-11-15-43(29-48)54(34-62(95)96)88-73(105)81-45-21-23-46(24-22-45)83-74(110)91-26-13-20-58(91)68(100)87-56(31-49-35-77-39-80-49)65(97)79-36-61(94)84-55(27-40(3)4)66(98)86-57(33-60(76)93)67(99)89-63(41(5)6)70(102)109-75(8-2)52-32-59-64-44(28-42-14-9-10-19-53(42)85-64)37-92(59)69(101)51(52)38-108-71(75)103/h9-12,14-19,21-24,28-30,32,35,39-41,54-58,63,90H,7-8,13,20,25-27,31,33-34,36-38H2,1-6H3,(H2,76,93)(H,77,80)(H,79,97)(H,83,110)(H,84,94)(H,86,98)(H,87,100)(H,89,99)(H,95,96)(H2,78,82,104)(H2,81,88,105)/t54?,55-,56?,57-,58-,63-,75-/m1/s1. The molecule has 1 saturated heterocycles. The monoisotopic (exact) mass is 1560 g/mol. The summed E-state index contributed by atoms with van der Waals surface area (Å²) >= 11 is 5.80. The first kappa shape index (κ1) is 81.2. The molecular formula is C75H87N17O17S2. The lowest BCUT2D eigenvalue weighted by atomic mass is 9.85. The zero-order chi connectivity index (χ0) is 80.0. The van der Waals surface area contributed by atoms with Crippen LogP contribution in [0.3, 0.4) is 0 Å². The fourth-order valence-electron chi connectivity index (χ4n) is 13.1. The molecule has 3 aromatic heterocycles. The second-order valence-corrected chi connectivity index (χ2v) is 29.8. The molecule has 10 rings (SSSR count). The molecular weight excluding hydrogens is 1480 g/mol. The predicted octanol–water partition coefficient (Wildman–Crippen LogP) is 4.76. The zero-order valence-electron chi connectivity index (χ0n) is 61.5. The molecule has 0 radical (unpaired) electrons. The number of ether oxygens (including phenoxy) is 2. The Kier molecular flexibility index (Phi) is 26.2. The minimum Gasteiger partial charge on any atom is -0.481 e. The summed E-state index contributed by atoms with van der Waals surface area (Å²) in [4.78, 5) is 177. The number of rotatable bonds is 32. The van der Waals surface area contributed by atoms with Crippen LogP contribution in [0.2, 0.25) is 0 Å². The molecule has 4 aromatic carbocycles. The lowest BCUT2D eigenvalue weighted by Gasteiger charge is -2.37. The summed E-state index contributed by atoms with van der Waals surface area (Å²) in [5.41, 5.74) is 7.11. The molecule has 1 fully saturated rings. The highest BCUT2D eigenvalue weighted by molar-refractivity contribution is 7.92. The smallest absolute Gasteiger partial charge is 0.355 e. The summed E-state index contributed by atoms with van der Waals surface area (Å²) < 4.78 is 42.6. The number of pyridine rings is 2. The number of esters is 2. The number of likely N-dealkylation sites (tertiary alicyclic amines) is 1. The van der Waals surface area contributed by atoms with E-state index in [-0.39, 0.29) is 75.5 Å². The third-order valence-corrected chi connectivity index (χ3v) is 20.4. The predicted molar refractivity (Wildman–Crippen MR) is 410 cm³/mol. The number of carbonyl (C=O) groups excluding carboxylic acids is 10. The molecule has 111 heavy (non-hydrogen) atoms. The van der Waals surface area contributed by atoms with Crippen molar-refractivity contribution < 1.29 is 75.7 Å². The quantitative estimate of drug-likeness (QED) is 0.0200. The number of carboxylic acids is 1. The Labute approximate surface area is 642 Å². The molecule has 586 valence electrons. The van der Waals surface area contributed by atoms with Gasteiger partial charge in [-0.1, -0.05) is 77.9 Å². The number of aromatic amines is 1. The van der Waals surface area contributed by atoms with E-state index in [4.69, 9.17) is 32.4 Å². The SMILES string of the molecule is CCCNC(=O)Nc1cccc(S(=O)(=O)Nc2cccc(C(CC(=O)O)NC(=O)Nc3ccc(NC(=S)N4CCC[C@@H]4C(=O)NC(Cc4c[nH]cn4)C(=O)NCC(=O)N[C@H](CC(C)C)C(=O)N[C@H](CC(N)=O)C(=O)N[C@@H](C(=O)O[C@@]4(CC)C(=O)OCc5c4cc4n(c5=O)Cc5cc6ccccc6nc5-4)C(C)C)cc3)c2)c1. The number of benzene rings is 4. The molecule has 0 saturated carbocycles. The number of fused-ring (bicyclic) bond motifs is 5. The maximum atomic E-state index is 14.5. The number of anilines is 4. The second-order valence-electron chi connectivity index (χ2n) is 27.7. The van der Waals surface area contributed by atoms with E-state index < -0.39 is 155 Å². The highest BCUT2D eigenvalue weighted by Gasteiger charge is 2.52. The largest absolute Gasteiger partial charge is 0.481 e. The first-order valence-electron chi connectivity index (χ1n) is 36.0. The van der Waals surface area contributed by atoms with Crippen LogP contribution in [-0.4, -0.2) is 158 Å². The Balaban J connectivity index is 0.730. The minimum atomic E-state index is -4.23. The minimum absolute atomic E-state index is 0.0241. The van der Waals surface area contributed by atoms with Gasteiger partial charge in [0.05, 0.1) is 71.4 Å². The van der Waals surface area contributed by atoms with Crippen LogP contribution in [0.25, 0.3) is 22.3 Å². The maximum Gasteiger partial charge on any atom is 0.355 e. The van der Waals surface area contributed by atoms with Crippen LogP contribution < -0.4 is 69.2 Å². The average molecular weight is 1560 g/mol. The molecule has 15 N–H and O–H groups in total. The summed E-state index contributed by atoms with van der Waals surface area (Å²) in [7, 11) is -4.23. The lowest BCUT2D eigenvalue weighted by Crippen LogP contribution is -2.59. The molecule has 2 unspecified atom stereocenters. The Hall–Kier alpha value is -12.3. The number of imidazole rings is 1. The molecule has 0 bridgehead atoms. The lowest BCUT2D eigenvalue weighted by molar-refractivity contribution is -0.191. The molecule has 3 aliphatic rings. The van der Waals surface area contributed by atoms with Crippen molar-refractivity contribution in [1.82, 2.24) is 61.6 Å². The second kappa shape index (κ2) is 35.8. The van der Waals surface area contributed by atoms with Gasteiger partial charge >= 0.3 is 30.0 Å². The molecule has 7 aromatic rings. The van der Waals surface area contributed by atoms with E-state index in [9.17, 15) is 71.1 Å².